The van der Waals surface area contributed by atoms with Gasteiger partial charge in [0.05, 0.1) is 4.90 Å². The second-order valence-electron chi connectivity index (χ2n) is 7.69. The van der Waals surface area contributed by atoms with Gasteiger partial charge in [0.2, 0.25) is 15.9 Å². The van der Waals surface area contributed by atoms with Crippen molar-refractivity contribution in [3.8, 4) is 5.88 Å². The molecule has 1 aromatic carbocycles. The fourth-order valence-electron chi connectivity index (χ4n) is 4.00. The van der Waals surface area contributed by atoms with Crippen molar-refractivity contribution < 1.29 is 13.2 Å². The van der Waals surface area contributed by atoms with Gasteiger partial charge < -0.3 is 9.64 Å². The number of nitrogens with zero attached hydrogens (tertiary/aromatic N) is 3. The topological polar surface area (TPSA) is 84.4 Å². The lowest BCUT2D eigenvalue weighted by molar-refractivity contribution is 0.309. The summed E-state index contributed by atoms with van der Waals surface area (Å²) in [6, 6.07) is 7.29. The van der Waals surface area contributed by atoms with Gasteiger partial charge in [-0.3, -0.25) is 0 Å². The summed E-state index contributed by atoms with van der Waals surface area (Å²) < 4.78 is 33.6. The number of fused-ring (bicyclic) bond motifs is 1. The Morgan fingerprint density at radius 3 is 2.59 bits per heavy atom. The van der Waals surface area contributed by atoms with Gasteiger partial charge in [-0.15, -0.1) is 0 Å². The summed E-state index contributed by atoms with van der Waals surface area (Å²) in [6.45, 7) is 4.22. The fourth-order valence-corrected chi connectivity index (χ4v) is 5.06. The monoisotopic (exact) mass is 416 g/mol. The number of aromatic nitrogens is 2. The molecule has 0 atom stereocenters. The molecule has 0 radical (unpaired) electrons. The highest BCUT2D eigenvalue weighted by Gasteiger charge is 2.18. The van der Waals surface area contributed by atoms with Crippen LogP contribution in [0.25, 0.3) is 0 Å². The lowest BCUT2D eigenvalue weighted by atomic mass is 9.92. The molecule has 1 aliphatic heterocycles. The number of rotatable bonds is 7. The number of nitrogens with one attached hydrogen (secondary N) is 1. The second kappa shape index (κ2) is 8.67. The van der Waals surface area contributed by atoms with Gasteiger partial charge in [-0.2, -0.15) is 4.98 Å². The van der Waals surface area contributed by atoms with E-state index in [1.165, 1.54) is 24.8 Å². The molecule has 156 valence electrons. The molecule has 7 nitrogen and oxygen atoms in total. The molecule has 1 fully saturated rings. The maximum atomic E-state index is 12.6. The molecule has 8 heteroatoms. The highest BCUT2D eigenvalue weighted by Crippen LogP contribution is 2.24. The highest BCUT2D eigenvalue weighted by atomic mass is 32.2. The van der Waals surface area contributed by atoms with Gasteiger partial charge >= 0.3 is 0 Å². The maximum absolute atomic E-state index is 12.6. The average Bonchev–Trinajstić information content (AvgIpc) is 3.25. The molecule has 29 heavy (non-hydrogen) atoms. The lowest BCUT2D eigenvalue weighted by Gasteiger charge is -2.18. The SMILES string of the molecule is Cc1nc(OCCNS(=O)(=O)c2ccc3c(c2)CCCC3)cc(N2CCCC2)n1. The van der Waals surface area contributed by atoms with Crippen molar-refractivity contribution in [3.63, 3.8) is 0 Å². The summed E-state index contributed by atoms with van der Waals surface area (Å²) in [5, 5.41) is 0. The Morgan fingerprint density at radius 1 is 1.03 bits per heavy atom. The van der Waals surface area contributed by atoms with E-state index in [1.807, 2.05) is 25.1 Å². The van der Waals surface area contributed by atoms with E-state index in [0.717, 1.165) is 43.7 Å². The van der Waals surface area contributed by atoms with Crippen molar-refractivity contribution in [2.45, 2.75) is 50.3 Å². The van der Waals surface area contributed by atoms with Gasteiger partial charge in [-0.1, -0.05) is 6.07 Å². The van der Waals surface area contributed by atoms with Crippen LogP contribution >= 0.6 is 0 Å². The summed E-state index contributed by atoms with van der Waals surface area (Å²) in [7, 11) is -3.55. The minimum absolute atomic E-state index is 0.182. The first-order chi connectivity index (χ1) is 14.0. The summed E-state index contributed by atoms with van der Waals surface area (Å²) in [6.07, 6.45) is 6.63. The quantitative estimate of drug-likeness (QED) is 0.699. The van der Waals surface area contributed by atoms with Crippen molar-refractivity contribution in [1.29, 1.82) is 0 Å². The van der Waals surface area contributed by atoms with Gasteiger partial charge in [0.1, 0.15) is 18.2 Å². The third-order valence-corrected chi connectivity index (χ3v) is 6.96. The van der Waals surface area contributed by atoms with Gasteiger partial charge in [0.15, 0.2) is 0 Å². The third-order valence-electron chi connectivity index (χ3n) is 5.51. The van der Waals surface area contributed by atoms with E-state index in [9.17, 15) is 8.42 Å². The Labute approximate surface area is 172 Å². The van der Waals surface area contributed by atoms with Crippen molar-refractivity contribution >= 4 is 15.8 Å². The van der Waals surface area contributed by atoms with Gasteiger partial charge in [0.25, 0.3) is 0 Å². The maximum Gasteiger partial charge on any atom is 0.240 e. The predicted octanol–water partition coefficient (Wildman–Crippen LogP) is 2.62. The van der Waals surface area contributed by atoms with Crippen LogP contribution in [0.5, 0.6) is 5.88 Å². The van der Waals surface area contributed by atoms with E-state index < -0.39 is 10.0 Å². The fraction of sp³-hybridized carbons (Fsp3) is 0.524. The van der Waals surface area contributed by atoms with Gasteiger partial charge in [-0.25, -0.2) is 18.1 Å². The molecule has 2 aromatic rings. The summed E-state index contributed by atoms with van der Waals surface area (Å²) in [4.78, 5) is 11.3. The number of hydrogen-bond acceptors (Lipinski definition) is 6. The first kappa shape index (κ1) is 20.1. The normalized spacial score (nSPS) is 16.7. The van der Waals surface area contributed by atoms with E-state index in [0.29, 0.717) is 16.6 Å². The molecule has 4 rings (SSSR count). The van der Waals surface area contributed by atoms with E-state index in [1.54, 1.807) is 6.07 Å². The molecule has 0 spiro atoms. The molecule has 0 amide bonds. The lowest BCUT2D eigenvalue weighted by Crippen LogP contribution is -2.28. The van der Waals surface area contributed by atoms with Gasteiger partial charge in [0, 0.05) is 25.7 Å². The average molecular weight is 417 g/mol. The minimum atomic E-state index is -3.55. The number of aryl methyl sites for hydroxylation is 3. The molecule has 0 saturated carbocycles. The summed E-state index contributed by atoms with van der Waals surface area (Å²) >= 11 is 0. The van der Waals surface area contributed by atoms with E-state index in [-0.39, 0.29) is 13.2 Å². The molecular weight excluding hydrogens is 388 g/mol. The Kier molecular flexibility index (Phi) is 6.01. The minimum Gasteiger partial charge on any atom is -0.476 e. The number of hydrogen-bond donors (Lipinski definition) is 1. The van der Waals surface area contributed by atoms with Crippen molar-refractivity contribution in [3.05, 3.63) is 41.2 Å². The molecule has 1 aliphatic carbocycles. The van der Waals surface area contributed by atoms with Crippen LogP contribution in [0.3, 0.4) is 0 Å². The molecule has 2 heterocycles. The van der Waals surface area contributed by atoms with Crippen LogP contribution in [0.1, 0.15) is 42.6 Å². The van der Waals surface area contributed by atoms with E-state index in [4.69, 9.17) is 4.74 Å². The van der Waals surface area contributed by atoms with Crippen molar-refractivity contribution in [2.75, 3.05) is 31.1 Å². The first-order valence-electron chi connectivity index (χ1n) is 10.4. The molecule has 0 bridgehead atoms. The number of anilines is 1. The zero-order chi connectivity index (χ0) is 20.3. The van der Waals surface area contributed by atoms with Crippen molar-refractivity contribution in [2.24, 2.45) is 0 Å². The Bertz CT molecular complexity index is 972. The van der Waals surface area contributed by atoms with Crippen LogP contribution in [0.2, 0.25) is 0 Å². The van der Waals surface area contributed by atoms with Crippen LogP contribution < -0.4 is 14.4 Å². The van der Waals surface area contributed by atoms with Crippen molar-refractivity contribution in [1.82, 2.24) is 14.7 Å². The third kappa shape index (κ3) is 4.87. The molecule has 0 unspecified atom stereocenters. The van der Waals surface area contributed by atoms with E-state index >= 15 is 0 Å². The van der Waals surface area contributed by atoms with Crippen LogP contribution in [-0.2, 0) is 22.9 Å². The second-order valence-corrected chi connectivity index (χ2v) is 9.46. The largest absolute Gasteiger partial charge is 0.476 e. The Morgan fingerprint density at radius 2 is 1.79 bits per heavy atom. The standard InChI is InChI=1S/C21H28N4O3S/c1-16-23-20(25-11-4-5-12-25)15-21(24-16)28-13-10-22-29(26,27)19-9-8-17-6-2-3-7-18(17)14-19/h8-9,14-15,22H,2-7,10-13H2,1H3. The molecular formula is C21H28N4O3S. The predicted molar refractivity (Wildman–Crippen MR) is 112 cm³/mol. The van der Waals surface area contributed by atoms with Crippen LogP contribution in [0, 0.1) is 6.92 Å². The summed E-state index contributed by atoms with van der Waals surface area (Å²) in [5.74, 6) is 2.01. The van der Waals surface area contributed by atoms with Crippen LogP contribution in [-0.4, -0.2) is 44.6 Å². The first-order valence-corrected chi connectivity index (χ1v) is 11.8. The Balaban J connectivity index is 1.34. The van der Waals surface area contributed by atoms with Crippen LogP contribution in [0.4, 0.5) is 5.82 Å². The smallest absolute Gasteiger partial charge is 0.240 e. The highest BCUT2D eigenvalue weighted by molar-refractivity contribution is 7.89. The van der Waals surface area contributed by atoms with Crippen LogP contribution in [0.15, 0.2) is 29.2 Å². The molecule has 2 aliphatic rings. The Hall–Kier alpha value is -2.19. The van der Waals surface area contributed by atoms with E-state index in [2.05, 4.69) is 19.6 Å². The molecule has 1 aromatic heterocycles. The molecule has 1 saturated heterocycles. The summed E-state index contributed by atoms with van der Waals surface area (Å²) in [5.41, 5.74) is 2.42. The number of sulfonamides is 1. The zero-order valence-corrected chi connectivity index (χ0v) is 17.7. The van der Waals surface area contributed by atoms with Gasteiger partial charge in [-0.05, 0) is 68.7 Å². The number of benzene rings is 1. The number of ether oxygens (including phenoxy) is 1. The molecule has 1 N–H and O–H groups in total. The zero-order valence-electron chi connectivity index (χ0n) is 16.9.